The number of aromatic nitrogens is 1. The van der Waals surface area contributed by atoms with E-state index in [9.17, 15) is 14.7 Å². The summed E-state index contributed by atoms with van der Waals surface area (Å²) in [5, 5.41) is 16.9. The number of carbonyl (C=O) groups is 2. The Bertz CT molecular complexity index is 1270. The molecule has 8 atom stereocenters. The predicted octanol–water partition coefficient (Wildman–Crippen LogP) is 4.08. The van der Waals surface area contributed by atoms with Gasteiger partial charge in [0.05, 0.1) is 12.0 Å². The van der Waals surface area contributed by atoms with Crippen molar-refractivity contribution in [1.82, 2.24) is 5.16 Å². The Kier molecular flexibility index (Phi) is 5.02. The molecule has 2 bridgehead atoms. The molecule has 6 rings (SSSR count). The molecule has 8 heteroatoms. The number of rotatable bonds is 2. The Morgan fingerprint density at radius 3 is 2.54 bits per heavy atom. The molecule has 0 aromatic carbocycles. The van der Waals surface area contributed by atoms with Gasteiger partial charge in [-0.2, -0.15) is 0 Å². The SMILES string of the molecule is CC1=C[C@]23C(=O)[C@@H](C=C4COC(C)(C)O[C@H]4[C@]2(O)[C@H]1OC(=O)c1noc(C)c1C)[C@H]1[C@@H](C[C@H]3C)C1(C)C. The highest BCUT2D eigenvalue weighted by Gasteiger charge is 2.77. The first kappa shape index (κ1) is 25.0. The molecule has 4 aliphatic carbocycles. The lowest BCUT2D eigenvalue weighted by Crippen LogP contribution is -2.68. The largest absolute Gasteiger partial charge is 0.450 e. The summed E-state index contributed by atoms with van der Waals surface area (Å²) in [6.45, 7) is 15.6. The first-order valence-corrected chi connectivity index (χ1v) is 13.3. The minimum absolute atomic E-state index is 0.0183. The second-order valence-electron chi connectivity index (χ2n) is 13.0. The number of fused-ring (bicyclic) bond motifs is 5. The van der Waals surface area contributed by atoms with Crippen molar-refractivity contribution in [2.75, 3.05) is 6.61 Å². The van der Waals surface area contributed by atoms with Crippen LogP contribution in [0.1, 0.15) is 69.8 Å². The number of allylic oxidation sites excluding steroid dienone is 1. The third kappa shape index (κ3) is 3.03. The number of ether oxygens (including phenoxy) is 3. The summed E-state index contributed by atoms with van der Waals surface area (Å²) in [6.07, 6.45) is 2.68. The fraction of sp³-hybridized carbons (Fsp3) is 0.690. The molecule has 1 spiro atoms. The van der Waals surface area contributed by atoms with Crippen LogP contribution in [-0.2, 0) is 19.0 Å². The van der Waals surface area contributed by atoms with Crippen molar-refractivity contribution in [2.45, 2.75) is 85.4 Å². The topological polar surface area (TPSA) is 108 Å². The molecule has 8 nitrogen and oxygen atoms in total. The molecule has 37 heavy (non-hydrogen) atoms. The quantitative estimate of drug-likeness (QED) is 0.467. The van der Waals surface area contributed by atoms with Crippen molar-refractivity contribution in [3.05, 3.63) is 40.3 Å². The smallest absolute Gasteiger partial charge is 0.361 e. The molecule has 2 saturated carbocycles. The lowest BCUT2D eigenvalue weighted by atomic mass is 9.59. The van der Waals surface area contributed by atoms with Crippen LogP contribution in [0.15, 0.2) is 27.8 Å². The molecule has 1 aromatic heterocycles. The number of aryl methyl sites for hydroxylation is 1. The number of nitrogens with zero attached hydrogens (tertiary/aromatic N) is 1. The van der Waals surface area contributed by atoms with Gasteiger partial charge in [-0.3, -0.25) is 4.79 Å². The second kappa shape index (κ2) is 7.42. The molecule has 3 fully saturated rings. The van der Waals surface area contributed by atoms with Gasteiger partial charge in [0.25, 0.3) is 0 Å². The maximum Gasteiger partial charge on any atom is 0.361 e. The van der Waals surface area contributed by atoms with Gasteiger partial charge in [-0.15, -0.1) is 0 Å². The van der Waals surface area contributed by atoms with Crippen LogP contribution in [0.5, 0.6) is 0 Å². The van der Waals surface area contributed by atoms with Crippen LogP contribution in [0.3, 0.4) is 0 Å². The number of hydrogen-bond donors (Lipinski definition) is 1. The van der Waals surface area contributed by atoms with Crippen molar-refractivity contribution < 1.29 is 33.4 Å². The zero-order chi connectivity index (χ0) is 26.9. The highest BCUT2D eigenvalue weighted by Crippen LogP contribution is 2.72. The minimum atomic E-state index is -1.85. The van der Waals surface area contributed by atoms with E-state index in [0.29, 0.717) is 22.8 Å². The number of Topliss-reactive ketones (excluding diaryl/α,β-unsaturated/α-hetero) is 1. The van der Waals surface area contributed by atoms with Gasteiger partial charge in [-0.05, 0) is 75.4 Å². The van der Waals surface area contributed by atoms with Crippen LogP contribution in [0, 0.1) is 48.3 Å². The molecule has 200 valence electrons. The Labute approximate surface area is 217 Å². The van der Waals surface area contributed by atoms with Gasteiger partial charge in [0.1, 0.15) is 11.9 Å². The zero-order valence-corrected chi connectivity index (χ0v) is 22.9. The van der Waals surface area contributed by atoms with E-state index < -0.39 is 35.0 Å². The number of hydrogen-bond acceptors (Lipinski definition) is 8. The number of esters is 1. The van der Waals surface area contributed by atoms with Gasteiger partial charge in [-0.1, -0.05) is 38.1 Å². The first-order chi connectivity index (χ1) is 17.2. The van der Waals surface area contributed by atoms with Crippen molar-refractivity contribution in [1.29, 1.82) is 0 Å². The summed E-state index contributed by atoms with van der Waals surface area (Å²) in [5.41, 5.74) is -1.08. The maximum absolute atomic E-state index is 14.7. The summed E-state index contributed by atoms with van der Waals surface area (Å²) < 4.78 is 23.7. The van der Waals surface area contributed by atoms with E-state index >= 15 is 0 Å². The molecule has 0 unspecified atom stereocenters. The predicted molar refractivity (Wildman–Crippen MR) is 132 cm³/mol. The Balaban J connectivity index is 1.52. The van der Waals surface area contributed by atoms with Crippen LogP contribution in [-0.4, -0.2) is 52.2 Å². The summed E-state index contributed by atoms with van der Waals surface area (Å²) in [7, 11) is 0. The molecular weight excluding hydrogens is 474 g/mol. The van der Waals surface area contributed by atoms with E-state index in [1.54, 1.807) is 27.7 Å². The van der Waals surface area contributed by atoms with Gasteiger partial charge in [0.15, 0.2) is 29.0 Å². The zero-order valence-electron chi connectivity index (χ0n) is 22.9. The third-order valence-corrected chi connectivity index (χ3v) is 10.2. The normalized spacial score (nSPS) is 42.9. The van der Waals surface area contributed by atoms with Crippen LogP contribution >= 0.6 is 0 Å². The fourth-order valence-corrected chi connectivity index (χ4v) is 8.07. The highest BCUT2D eigenvalue weighted by molar-refractivity contribution is 5.96. The highest BCUT2D eigenvalue weighted by atomic mass is 16.7. The van der Waals surface area contributed by atoms with E-state index in [0.717, 1.165) is 12.0 Å². The first-order valence-electron chi connectivity index (χ1n) is 13.3. The molecule has 0 amide bonds. The Morgan fingerprint density at radius 1 is 1.19 bits per heavy atom. The van der Waals surface area contributed by atoms with Crippen molar-refractivity contribution in [2.24, 2.45) is 34.5 Å². The summed E-state index contributed by atoms with van der Waals surface area (Å²) in [5.74, 6) is -1.21. The van der Waals surface area contributed by atoms with Crippen molar-refractivity contribution in [3.8, 4) is 0 Å². The molecule has 1 saturated heterocycles. The number of aliphatic hydroxyl groups is 1. The standard InChI is InChI=1S/C29H37NO7/c1-13-11-28-14(2)9-19-20(26(19,5)6)18(22(28)31)10-17-12-34-27(7,8)36-24(17)29(28,33)23(13)35-25(32)21-15(3)16(4)37-30-21/h10-11,14,18-20,23-24,33H,9,12H2,1-8H3/t14-,18+,19-,20+,23+,24-,28+,29-/m1/s1. The van der Waals surface area contributed by atoms with Crippen molar-refractivity contribution >= 4 is 11.8 Å². The van der Waals surface area contributed by atoms with Gasteiger partial charge in [-0.25, -0.2) is 4.79 Å². The lowest BCUT2D eigenvalue weighted by Gasteiger charge is -2.52. The van der Waals surface area contributed by atoms with Crippen LogP contribution in [0.4, 0.5) is 0 Å². The van der Waals surface area contributed by atoms with Crippen LogP contribution < -0.4 is 0 Å². The van der Waals surface area contributed by atoms with E-state index in [2.05, 4.69) is 19.0 Å². The number of ketones is 1. The third-order valence-electron chi connectivity index (χ3n) is 10.2. The Morgan fingerprint density at radius 2 is 1.89 bits per heavy atom. The molecule has 2 heterocycles. The van der Waals surface area contributed by atoms with Crippen LogP contribution in [0.25, 0.3) is 0 Å². The van der Waals surface area contributed by atoms with Gasteiger partial charge < -0.3 is 23.8 Å². The van der Waals surface area contributed by atoms with Gasteiger partial charge in [0, 0.05) is 11.5 Å². The summed E-state index contributed by atoms with van der Waals surface area (Å²) in [4.78, 5) is 28.1. The average Bonchev–Trinajstić information content (AvgIpc) is 3.10. The monoisotopic (exact) mass is 511 g/mol. The van der Waals surface area contributed by atoms with Gasteiger partial charge >= 0.3 is 5.97 Å². The summed E-state index contributed by atoms with van der Waals surface area (Å²) >= 11 is 0. The molecular formula is C29H37NO7. The molecule has 1 aliphatic heterocycles. The molecule has 1 aromatic rings. The minimum Gasteiger partial charge on any atom is -0.450 e. The maximum atomic E-state index is 14.7. The van der Waals surface area contributed by atoms with E-state index in [1.165, 1.54) is 0 Å². The molecule has 1 N–H and O–H groups in total. The lowest BCUT2D eigenvalue weighted by molar-refractivity contribution is -0.302. The fourth-order valence-electron chi connectivity index (χ4n) is 8.07. The van der Waals surface area contributed by atoms with E-state index in [4.69, 9.17) is 18.7 Å². The summed E-state index contributed by atoms with van der Waals surface area (Å²) in [6, 6.07) is 0. The van der Waals surface area contributed by atoms with Crippen molar-refractivity contribution in [3.63, 3.8) is 0 Å². The Hall–Kier alpha value is -2.29. The second-order valence-corrected chi connectivity index (χ2v) is 13.0. The van der Waals surface area contributed by atoms with E-state index in [-0.39, 0.29) is 41.3 Å². The van der Waals surface area contributed by atoms with Crippen LogP contribution in [0.2, 0.25) is 0 Å². The van der Waals surface area contributed by atoms with E-state index in [1.807, 2.05) is 26.0 Å². The molecule has 0 radical (unpaired) electrons. The average molecular weight is 512 g/mol. The molecule has 5 aliphatic rings. The van der Waals surface area contributed by atoms with Gasteiger partial charge in [0.2, 0.25) is 0 Å². The number of carbonyl (C=O) groups excluding carboxylic acids is 2.